The van der Waals surface area contributed by atoms with Gasteiger partial charge in [0.05, 0.1) is 6.42 Å². The summed E-state index contributed by atoms with van der Waals surface area (Å²) in [4.78, 5) is 11.9. The molecule has 0 saturated carbocycles. The van der Waals surface area contributed by atoms with Crippen LogP contribution >= 0.6 is 15.9 Å². The van der Waals surface area contributed by atoms with E-state index in [9.17, 15) is 9.18 Å². The van der Waals surface area contributed by atoms with E-state index in [0.717, 1.165) is 18.2 Å². The van der Waals surface area contributed by atoms with Crippen LogP contribution in [0.15, 0.2) is 24.3 Å². The number of amides is 1. The molecule has 18 heavy (non-hydrogen) atoms. The molecule has 4 heteroatoms. The molecule has 1 amide bonds. The molecule has 100 valence electrons. The van der Waals surface area contributed by atoms with Gasteiger partial charge >= 0.3 is 0 Å². The number of alkyl halides is 1. The highest BCUT2D eigenvalue weighted by molar-refractivity contribution is 9.09. The van der Waals surface area contributed by atoms with Crippen molar-refractivity contribution in [3.05, 3.63) is 35.6 Å². The summed E-state index contributed by atoms with van der Waals surface area (Å²) >= 11 is 3.39. The summed E-state index contributed by atoms with van der Waals surface area (Å²) in [5.74, 6) is -0.370. The number of benzene rings is 1. The lowest BCUT2D eigenvalue weighted by Crippen LogP contribution is -2.46. The van der Waals surface area contributed by atoms with Gasteiger partial charge < -0.3 is 5.32 Å². The van der Waals surface area contributed by atoms with E-state index in [0.29, 0.717) is 5.56 Å². The Morgan fingerprint density at radius 3 is 2.78 bits per heavy atom. The number of hydrogen-bond donors (Lipinski definition) is 1. The van der Waals surface area contributed by atoms with E-state index < -0.39 is 0 Å². The van der Waals surface area contributed by atoms with Gasteiger partial charge in [0.15, 0.2) is 0 Å². The van der Waals surface area contributed by atoms with Gasteiger partial charge in [0, 0.05) is 10.9 Å². The minimum atomic E-state index is -0.306. The smallest absolute Gasteiger partial charge is 0.224 e. The van der Waals surface area contributed by atoms with Crippen molar-refractivity contribution < 1.29 is 9.18 Å². The average molecular weight is 316 g/mol. The maximum absolute atomic E-state index is 13.0. The minimum absolute atomic E-state index is 0.0640. The zero-order valence-corrected chi connectivity index (χ0v) is 12.4. The number of halogens is 2. The molecule has 1 N–H and O–H groups in total. The van der Waals surface area contributed by atoms with Crippen molar-refractivity contribution in [3.63, 3.8) is 0 Å². The summed E-state index contributed by atoms with van der Waals surface area (Å²) in [6.07, 6.45) is 1.96. The predicted molar refractivity (Wildman–Crippen MR) is 75.4 cm³/mol. The molecule has 0 aromatic heterocycles. The standard InChI is InChI=1S/C14H19BrFNO/c1-3-14(2,7-8-15)17-13(18)10-11-5-4-6-12(16)9-11/h4-6,9H,3,7-8,10H2,1-2H3,(H,17,18). The van der Waals surface area contributed by atoms with Crippen molar-refractivity contribution >= 4 is 21.8 Å². The highest BCUT2D eigenvalue weighted by Gasteiger charge is 2.23. The quantitative estimate of drug-likeness (QED) is 0.800. The van der Waals surface area contributed by atoms with Crippen LogP contribution < -0.4 is 5.32 Å². The summed E-state index contributed by atoms with van der Waals surface area (Å²) in [5.41, 5.74) is 0.498. The van der Waals surface area contributed by atoms with Gasteiger partial charge in [-0.15, -0.1) is 0 Å². The van der Waals surface area contributed by atoms with Gasteiger partial charge in [-0.2, -0.15) is 0 Å². The Bertz CT molecular complexity index is 411. The molecule has 0 spiro atoms. The first-order chi connectivity index (χ1) is 8.49. The van der Waals surface area contributed by atoms with Gasteiger partial charge in [0.2, 0.25) is 5.91 Å². The van der Waals surface area contributed by atoms with E-state index in [4.69, 9.17) is 0 Å². The molecule has 1 aromatic rings. The topological polar surface area (TPSA) is 29.1 Å². The van der Waals surface area contributed by atoms with Crippen molar-refractivity contribution in [2.45, 2.75) is 38.6 Å². The molecule has 1 aromatic carbocycles. The highest BCUT2D eigenvalue weighted by Crippen LogP contribution is 2.16. The van der Waals surface area contributed by atoms with Crippen molar-refractivity contribution in [2.75, 3.05) is 5.33 Å². The fraction of sp³-hybridized carbons (Fsp3) is 0.500. The van der Waals surface area contributed by atoms with E-state index in [1.54, 1.807) is 12.1 Å². The molecular weight excluding hydrogens is 297 g/mol. The molecule has 2 nitrogen and oxygen atoms in total. The maximum Gasteiger partial charge on any atom is 0.224 e. The third-order valence-corrected chi connectivity index (χ3v) is 3.52. The molecule has 0 saturated heterocycles. The highest BCUT2D eigenvalue weighted by atomic mass is 79.9. The molecule has 1 rings (SSSR count). The van der Waals surface area contributed by atoms with Crippen LogP contribution in [0, 0.1) is 5.82 Å². The molecule has 0 bridgehead atoms. The second-order valence-corrected chi connectivity index (χ2v) is 5.50. The van der Waals surface area contributed by atoms with Gasteiger partial charge in [-0.05, 0) is 37.5 Å². The van der Waals surface area contributed by atoms with Crippen LogP contribution in [0.3, 0.4) is 0 Å². The molecular formula is C14H19BrFNO. The number of carbonyl (C=O) groups is 1. The fourth-order valence-electron chi connectivity index (χ4n) is 1.75. The van der Waals surface area contributed by atoms with E-state index in [-0.39, 0.29) is 23.7 Å². The van der Waals surface area contributed by atoms with Gasteiger partial charge in [0.1, 0.15) is 5.82 Å². The van der Waals surface area contributed by atoms with Crippen LogP contribution in [0.4, 0.5) is 4.39 Å². The normalized spacial score (nSPS) is 14.0. The second kappa shape index (κ2) is 6.88. The van der Waals surface area contributed by atoms with Crippen LogP contribution in [0.1, 0.15) is 32.3 Å². The lowest BCUT2D eigenvalue weighted by Gasteiger charge is -2.29. The zero-order valence-electron chi connectivity index (χ0n) is 10.8. The van der Waals surface area contributed by atoms with E-state index in [2.05, 4.69) is 21.2 Å². The molecule has 0 radical (unpaired) electrons. The monoisotopic (exact) mass is 315 g/mol. The van der Waals surface area contributed by atoms with Gasteiger partial charge in [0.25, 0.3) is 0 Å². The molecule has 1 unspecified atom stereocenters. The van der Waals surface area contributed by atoms with Gasteiger partial charge in [-0.1, -0.05) is 35.0 Å². The Morgan fingerprint density at radius 2 is 2.22 bits per heavy atom. The Kier molecular flexibility index (Phi) is 5.79. The lowest BCUT2D eigenvalue weighted by molar-refractivity contribution is -0.122. The summed E-state index contributed by atoms with van der Waals surface area (Å²) in [7, 11) is 0. The van der Waals surface area contributed by atoms with Crippen molar-refractivity contribution in [3.8, 4) is 0 Å². The minimum Gasteiger partial charge on any atom is -0.351 e. The molecule has 0 aliphatic carbocycles. The number of rotatable bonds is 6. The molecule has 0 aliphatic heterocycles. The molecule has 0 heterocycles. The lowest BCUT2D eigenvalue weighted by atomic mass is 9.95. The Morgan fingerprint density at radius 1 is 1.50 bits per heavy atom. The summed E-state index contributed by atoms with van der Waals surface area (Å²) < 4.78 is 13.0. The SMILES string of the molecule is CCC(C)(CCBr)NC(=O)Cc1cccc(F)c1. The van der Waals surface area contributed by atoms with E-state index in [1.165, 1.54) is 12.1 Å². The second-order valence-electron chi connectivity index (χ2n) is 4.71. The van der Waals surface area contributed by atoms with Gasteiger partial charge in [-0.3, -0.25) is 4.79 Å². The summed E-state index contributed by atoms with van der Waals surface area (Å²) in [5, 5.41) is 3.87. The van der Waals surface area contributed by atoms with Crippen molar-refractivity contribution in [2.24, 2.45) is 0 Å². The predicted octanol–water partition coefficient (Wildman–Crippen LogP) is 3.44. The summed E-state index contributed by atoms with van der Waals surface area (Å²) in [6.45, 7) is 4.07. The van der Waals surface area contributed by atoms with Crippen LogP contribution in [0.2, 0.25) is 0 Å². The fourth-order valence-corrected chi connectivity index (χ4v) is 2.62. The van der Waals surface area contributed by atoms with Gasteiger partial charge in [-0.25, -0.2) is 4.39 Å². The third-order valence-electron chi connectivity index (χ3n) is 3.12. The van der Waals surface area contributed by atoms with Crippen molar-refractivity contribution in [1.82, 2.24) is 5.32 Å². The first-order valence-electron chi connectivity index (χ1n) is 6.10. The molecule has 1 atom stereocenters. The number of nitrogens with one attached hydrogen (secondary N) is 1. The maximum atomic E-state index is 13.0. The Balaban J connectivity index is 2.61. The van der Waals surface area contributed by atoms with Crippen molar-refractivity contribution in [1.29, 1.82) is 0 Å². The molecule has 0 aliphatic rings. The van der Waals surface area contributed by atoms with E-state index >= 15 is 0 Å². The van der Waals surface area contributed by atoms with Crippen LogP contribution in [0.5, 0.6) is 0 Å². The summed E-state index contributed by atoms with van der Waals surface area (Å²) in [6, 6.07) is 6.15. The largest absolute Gasteiger partial charge is 0.351 e. The molecule has 0 fully saturated rings. The average Bonchev–Trinajstić information content (AvgIpc) is 2.29. The first-order valence-corrected chi connectivity index (χ1v) is 7.22. The number of hydrogen-bond acceptors (Lipinski definition) is 1. The Hall–Kier alpha value is -0.900. The Labute approximate surface area is 116 Å². The zero-order chi connectivity index (χ0) is 13.6. The van der Waals surface area contributed by atoms with Crippen LogP contribution in [-0.4, -0.2) is 16.8 Å². The third kappa shape index (κ3) is 4.77. The van der Waals surface area contributed by atoms with E-state index in [1.807, 2.05) is 13.8 Å². The first kappa shape index (κ1) is 15.2. The van der Waals surface area contributed by atoms with Crippen LogP contribution in [-0.2, 0) is 11.2 Å². The number of carbonyl (C=O) groups excluding carboxylic acids is 1. The van der Waals surface area contributed by atoms with Crippen LogP contribution in [0.25, 0.3) is 0 Å².